The highest BCUT2D eigenvalue weighted by Crippen LogP contribution is 2.45. The molecule has 158 valence electrons. The van der Waals surface area contributed by atoms with Gasteiger partial charge >= 0.3 is 5.97 Å². The summed E-state index contributed by atoms with van der Waals surface area (Å²) in [5.74, 6) is -4.94. The summed E-state index contributed by atoms with van der Waals surface area (Å²) in [4.78, 5) is 58.7. The Labute approximate surface area is 170 Å². The van der Waals surface area contributed by atoms with Crippen molar-refractivity contribution in [1.29, 1.82) is 0 Å². The first-order valence-corrected chi connectivity index (χ1v) is 10.1. The van der Waals surface area contributed by atoms with Gasteiger partial charge in [-0.2, -0.15) is 8.42 Å². The molecule has 1 aromatic carbocycles. The molecule has 30 heavy (non-hydrogen) atoms. The molecule has 2 N–H and O–H groups in total. The average Bonchev–Trinajstić information content (AvgIpc) is 3.17. The molecule has 2 heterocycles. The number of hydrogen-bond donors (Lipinski definition) is 2. The highest BCUT2D eigenvalue weighted by molar-refractivity contribution is 7.86. The first-order valence-electron chi connectivity index (χ1n) is 8.71. The number of imide groups is 2. The number of likely N-dealkylation sites (tertiary alicyclic amines) is 1. The SMILES string of the molecule is O=C(O)CCC(c1ccccc1N1C(=O)C=CC1=O)(N1C(=O)CCC1=O)S(=O)(=O)O. The van der Waals surface area contributed by atoms with Crippen LogP contribution < -0.4 is 4.90 Å². The van der Waals surface area contributed by atoms with Crippen molar-refractivity contribution in [2.75, 3.05) is 4.90 Å². The molecule has 4 amide bonds. The Morgan fingerprint density at radius 3 is 2.03 bits per heavy atom. The van der Waals surface area contributed by atoms with E-state index in [4.69, 9.17) is 5.11 Å². The number of carbonyl (C=O) groups is 5. The molecule has 1 saturated heterocycles. The minimum Gasteiger partial charge on any atom is -0.481 e. The number of nitrogens with zero attached hydrogens (tertiary/aromatic N) is 2. The highest BCUT2D eigenvalue weighted by Gasteiger charge is 2.57. The molecule has 1 unspecified atom stereocenters. The predicted octanol–water partition coefficient (Wildman–Crippen LogP) is 0.170. The molecule has 1 aromatic rings. The molecule has 2 aliphatic heterocycles. The number of rotatable bonds is 7. The fraction of sp³-hybridized carbons (Fsp3) is 0.278. The molecular formula is C18H16N2O9S. The van der Waals surface area contributed by atoms with E-state index in [-0.39, 0.29) is 18.5 Å². The normalized spacial score (nSPS) is 19.0. The number of hydrogen-bond acceptors (Lipinski definition) is 7. The average molecular weight is 436 g/mol. The fourth-order valence-corrected chi connectivity index (χ4v) is 4.89. The second kappa shape index (κ2) is 7.46. The zero-order valence-corrected chi connectivity index (χ0v) is 16.2. The van der Waals surface area contributed by atoms with Crippen molar-refractivity contribution < 1.29 is 42.0 Å². The standard InChI is InChI=1S/C18H16N2O9S/c21-13-5-6-14(22)19(13)12-4-2-1-3-11(12)18(30(27,28)29,10-9-17(25)26)20-15(23)7-8-16(20)24/h1-6H,7-10H2,(H,25,26)(H,27,28,29). The van der Waals surface area contributed by atoms with Gasteiger partial charge in [-0.3, -0.25) is 33.4 Å². The maximum Gasteiger partial charge on any atom is 0.303 e. The Hall–Kier alpha value is -3.38. The van der Waals surface area contributed by atoms with E-state index in [9.17, 15) is 36.9 Å². The van der Waals surface area contributed by atoms with Gasteiger partial charge in [0.05, 0.1) is 5.69 Å². The van der Waals surface area contributed by atoms with Gasteiger partial charge in [-0.05, 0) is 6.07 Å². The topological polar surface area (TPSA) is 166 Å². The van der Waals surface area contributed by atoms with Crippen LogP contribution in [0.2, 0.25) is 0 Å². The maximum absolute atomic E-state index is 12.7. The van der Waals surface area contributed by atoms with Gasteiger partial charge in [0.2, 0.25) is 16.7 Å². The lowest BCUT2D eigenvalue weighted by Crippen LogP contribution is -2.55. The number of amides is 4. The van der Waals surface area contributed by atoms with E-state index in [0.29, 0.717) is 9.80 Å². The lowest BCUT2D eigenvalue weighted by Gasteiger charge is -2.39. The minimum atomic E-state index is -5.36. The molecule has 1 atom stereocenters. The molecule has 0 aliphatic carbocycles. The highest BCUT2D eigenvalue weighted by atomic mass is 32.2. The van der Waals surface area contributed by atoms with E-state index in [0.717, 1.165) is 18.2 Å². The van der Waals surface area contributed by atoms with E-state index in [1.54, 1.807) is 0 Å². The number of anilines is 1. The molecule has 0 spiro atoms. The Morgan fingerprint density at radius 2 is 1.53 bits per heavy atom. The summed E-state index contributed by atoms with van der Waals surface area (Å²) in [6, 6.07) is 4.99. The smallest absolute Gasteiger partial charge is 0.303 e. The summed E-state index contributed by atoms with van der Waals surface area (Å²) in [7, 11) is -5.36. The van der Waals surface area contributed by atoms with Crippen LogP contribution in [-0.2, 0) is 39.0 Å². The van der Waals surface area contributed by atoms with Crippen LogP contribution in [0, 0.1) is 0 Å². The second-order valence-corrected chi connectivity index (χ2v) is 8.26. The molecule has 12 heteroatoms. The first kappa shape index (κ1) is 21.3. The number of carbonyl (C=O) groups excluding carboxylic acids is 4. The van der Waals surface area contributed by atoms with E-state index in [1.807, 2.05) is 0 Å². The van der Waals surface area contributed by atoms with Gasteiger partial charge in [0.25, 0.3) is 21.9 Å². The number of carboxylic acids is 1. The van der Waals surface area contributed by atoms with Crippen molar-refractivity contribution in [1.82, 2.24) is 4.90 Å². The fourth-order valence-electron chi connectivity index (χ4n) is 3.64. The number of benzene rings is 1. The molecule has 11 nitrogen and oxygen atoms in total. The van der Waals surface area contributed by atoms with E-state index in [1.165, 1.54) is 18.2 Å². The first-order chi connectivity index (χ1) is 14.0. The number of para-hydroxylation sites is 1. The van der Waals surface area contributed by atoms with Crippen molar-refractivity contribution in [2.45, 2.75) is 30.6 Å². The summed E-state index contributed by atoms with van der Waals surface area (Å²) in [5, 5.41) is 9.14. The number of aliphatic carboxylic acids is 1. The van der Waals surface area contributed by atoms with Crippen LogP contribution in [0.1, 0.15) is 31.2 Å². The Balaban J connectivity index is 2.35. The molecule has 2 aliphatic rings. The summed E-state index contributed by atoms with van der Waals surface area (Å²) < 4.78 is 35.6. The van der Waals surface area contributed by atoms with Crippen LogP contribution in [0.5, 0.6) is 0 Å². The van der Waals surface area contributed by atoms with Crippen molar-refractivity contribution in [2.24, 2.45) is 0 Å². The largest absolute Gasteiger partial charge is 0.481 e. The lowest BCUT2D eigenvalue weighted by atomic mass is 9.96. The molecular weight excluding hydrogens is 420 g/mol. The van der Waals surface area contributed by atoms with E-state index < -0.39 is 63.0 Å². The van der Waals surface area contributed by atoms with Crippen LogP contribution in [0.15, 0.2) is 36.4 Å². The van der Waals surface area contributed by atoms with Crippen LogP contribution in [0.4, 0.5) is 5.69 Å². The van der Waals surface area contributed by atoms with E-state index in [2.05, 4.69) is 0 Å². The van der Waals surface area contributed by atoms with E-state index >= 15 is 0 Å². The zero-order chi connectivity index (χ0) is 22.3. The van der Waals surface area contributed by atoms with Gasteiger partial charge in [-0.1, -0.05) is 18.2 Å². The third-order valence-electron chi connectivity index (χ3n) is 4.89. The maximum atomic E-state index is 12.7. The predicted molar refractivity (Wildman–Crippen MR) is 99.3 cm³/mol. The zero-order valence-electron chi connectivity index (χ0n) is 15.3. The molecule has 0 saturated carbocycles. The summed E-state index contributed by atoms with van der Waals surface area (Å²) >= 11 is 0. The molecule has 3 rings (SSSR count). The Bertz CT molecular complexity index is 1070. The third kappa shape index (κ3) is 3.29. The van der Waals surface area contributed by atoms with Crippen molar-refractivity contribution in [3.8, 4) is 0 Å². The van der Waals surface area contributed by atoms with Gasteiger partial charge in [0.15, 0.2) is 0 Å². The van der Waals surface area contributed by atoms with Gasteiger partial charge in [0.1, 0.15) is 0 Å². The summed E-state index contributed by atoms with van der Waals surface area (Å²) in [5.41, 5.74) is -0.740. The van der Waals surface area contributed by atoms with Crippen LogP contribution in [0.3, 0.4) is 0 Å². The monoisotopic (exact) mass is 436 g/mol. The van der Waals surface area contributed by atoms with Crippen molar-refractivity contribution in [3.63, 3.8) is 0 Å². The van der Waals surface area contributed by atoms with Crippen LogP contribution in [0.25, 0.3) is 0 Å². The number of carboxylic acid groups (broad SMARTS) is 1. The van der Waals surface area contributed by atoms with Gasteiger partial charge < -0.3 is 5.11 Å². The van der Waals surface area contributed by atoms with Crippen LogP contribution in [-0.4, -0.2) is 52.6 Å². The third-order valence-corrected chi connectivity index (χ3v) is 6.35. The molecule has 0 aromatic heterocycles. The lowest BCUT2D eigenvalue weighted by molar-refractivity contribution is -0.145. The van der Waals surface area contributed by atoms with Crippen LogP contribution >= 0.6 is 0 Å². The Morgan fingerprint density at radius 1 is 1.00 bits per heavy atom. The molecule has 0 radical (unpaired) electrons. The van der Waals surface area contributed by atoms with Crippen molar-refractivity contribution in [3.05, 3.63) is 42.0 Å². The van der Waals surface area contributed by atoms with Gasteiger partial charge in [0, 0.05) is 43.4 Å². The van der Waals surface area contributed by atoms with Gasteiger partial charge in [-0.25, -0.2) is 4.90 Å². The Kier molecular flexibility index (Phi) is 5.31. The van der Waals surface area contributed by atoms with Crippen molar-refractivity contribution >= 4 is 45.4 Å². The molecule has 1 fully saturated rings. The second-order valence-electron chi connectivity index (χ2n) is 6.64. The summed E-state index contributed by atoms with van der Waals surface area (Å²) in [6.45, 7) is 0. The summed E-state index contributed by atoms with van der Waals surface area (Å²) in [6.07, 6.45) is -0.525. The minimum absolute atomic E-state index is 0.298. The quantitative estimate of drug-likeness (QED) is 0.447. The molecule has 0 bridgehead atoms. The van der Waals surface area contributed by atoms with Gasteiger partial charge in [-0.15, -0.1) is 0 Å².